The molecule has 2 heteroatoms. The van der Waals surface area contributed by atoms with Gasteiger partial charge in [0.15, 0.2) is 0 Å². The summed E-state index contributed by atoms with van der Waals surface area (Å²) in [6.07, 6.45) is 15.9. The van der Waals surface area contributed by atoms with Crippen LogP contribution in [-0.2, 0) is 0 Å². The molecule has 1 heterocycles. The molecule has 0 bridgehead atoms. The molecule has 23 heavy (non-hydrogen) atoms. The van der Waals surface area contributed by atoms with Gasteiger partial charge >= 0.3 is 0 Å². The third-order valence-corrected chi connectivity index (χ3v) is 5.89. The second-order valence-corrected chi connectivity index (χ2v) is 7.43. The van der Waals surface area contributed by atoms with E-state index >= 15 is 0 Å². The van der Waals surface area contributed by atoms with E-state index in [2.05, 4.69) is 35.2 Å². The lowest BCUT2D eigenvalue weighted by molar-refractivity contribution is 0.132. The first kappa shape index (κ1) is 18.8. The zero-order valence-electron chi connectivity index (χ0n) is 14.6. The Balaban J connectivity index is 0.00000192. The molecule has 2 fully saturated rings. The Bertz CT molecular complexity index is 401. The number of nitrogens with zero attached hydrogens (tertiary/aromatic N) is 1. The number of likely N-dealkylation sites (tertiary alicyclic amines) is 1. The Morgan fingerprint density at radius 1 is 0.652 bits per heavy atom. The van der Waals surface area contributed by atoms with Crippen LogP contribution in [0.3, 0.4) is 0 Å². The van der Waals surface area contributed by atoms with Gasteiger partial charge in [-0.3, -0.25) is 0 Å². The van der Waals surface area contributed by atoms with Crippen LogP contribution >= 0.6 is 12.4 Å². The van der Waals surface area contributed by atoms with Gasteiger partial charge in [0.2, 0.25) is 0 Å². The highest BCUT2D eigenvalue weighted by atomic mass is 35.5. The van der Waals surface area contributed by atoms with Crippen LogP contribution in [0, 0.1) is 0 Å². The molecule has 1 nitrogen and oxygen atoms in total. The summed E-state index contributed by atoms with van der Waals surface area (Å²) in [6.45, 7) is 2.65. The third kappa shape index (κ3) is 5.80. The van der Waals surface area contributed by atoms with E-state index in [-0.39, 0.29) is 12.4 Å². The van der Waals surface area contributed by atoms with Gasteiger partial charge in [0, 0.05) is 6.04 Å². The van der Waals surface area contributed by atoms with E-state index in [9.17, 15) is 0 Å². The van der Waals surface area contributed by atoms with E-state index in [1.165, 1.54) is 83.7 Å². The fourth-order valence-corrected chi connectivity index (χ4v) is 4.48. The van der Waals surface area contributed by atoms with E-state index in [1.54, 1.807) is 5.56 Å². The fourth-order valence-electron chi connectivity index (χ4n) is 4.48. The van der Waals surface area contributed by atoms with Gasteiger partial charge < -0.3 is 4.90 Å². The first-order valence-electron chi connectivity index (χ1n) is 9.72. The van der Waals surface area contributed by atoms with E-state index in [1.807, 2.05) is 0 Å². The van der Waals surface area contributed by atoms with Crippen molar-refractivity contribution >= 4 is 12.4 Å². The van der Waals surface area contributed by atoms with Gasteiger partial charge in [-0.1, -0.05) is 75.3 Å². The molecule has 0 radical (unpaired) electrons. The van der Waals surface area contributed by atoms with Gasteiger partial charge in [-0.05, 0) is 50.3 Å². The van der Waals surface area contributed by atoms with Crippen molar-refractivity contribution in [2.75, 3.05) is 13.1 Å². The Morgan fingerprint density at radius 3 is 1.74 bits per heavy atom. The number of halogens is 1. The normalized spacial score (nSPS) is 23.1. The number of benzene rings is 1. The highest BCUT2D eigenvalue weighted by Crippen LogP contribution is 2.31. The van der Waals surface area contributed by atoms with E-state index in [0.29, 0.717) is 0 Å². The fraction of sp³-hybridized carbons (Fsp3) is 0.714. The number of rotatable bonds is 2. The lowest BCUT2D eigenvalue weighted by Gasteiger charge is -2.38. The monoisotopic (exact) mass is 335 g/mol. The smallest absolute Gasteiger partial charge is 0.00952 e. The quantitative estimate of drug-likeness (QED) is 0.623. The second kappa shape index (κ2) is 10.4. The summed E-state index contributed by atoms with van der Waals surface area (Å²) in [4.78, 5) is 2.83. The molecule has 1 aliphatic heterocycles. The summed E-state index contributed by atoms with van der Waals surface area (Å²) >= 11 is 0. The SMILES string of the molecule is Cl.c1ccc(C2CCN(C3CCCCCCCCC3)CC2)cc1. The van der Waals surface area contributed by atoms with Crippen molar-refractivity contribution in [1.82, 2.24) is 4.90 Å². The van der Waals surface area contributed by atoms with Crippen LogP contribution in [0.15, 0.2) is 30.3 Å². The van der Waals surface area contributed by atoms with Gasteiger partial charge in [0.1, 0.15) is 0 Å². The van der Waals surface area contributed by atoms with Crippen LogP contribution in [0.2, 0.25) is 0 Å². The third-order valence-electron chi connectivity index (χ3n) is 5.89. The molecule has 1 saturated heterocycles. The van der Waals surface area contributed by atoms with Crippen molar-refractivity contribution in [1.29, 1.82) is 0 Å². The number of hydrogen-bond donors (Lipinski definition) is 0. The molecule has 0 N–H and O–H groups in total. The summed E-state index contributed by atoms with van der Waals surface area (Å²) in [5.74, 6) is 0.803. The van der Waals surface area contributed by atoms with Crippen LogP contribution in [0.4, 0.5) is 0 Å². The van der Waals surface area contributed by atoms with Crippen LogP contribution < -0.4 is 0 Å². The molecule has 1 saturated carbocycles. The van der Waals surface area contributed by atoms with E-state index in [0.717, 1.165) is 12.0 Å². The van der Waals surface area contributed by atoms with Gasteiger partial charge in [0.05, 0.1) is 0 Å². The van der Waals surface area contributed by atoms with Crippen molar-refractivity contribution in [2.45, 2.75) is 82.6 Å². The second-order valence-electron chi connectivity index (χ2n) is 7.43. The first-order valence-corrected chi connectivity index (χ1v) is 9.72. The highest BCUT2D eigenvalue weighted by Gasteiger charge is 2.25. The average Bonchev–Trinajstić information content (AvgIpc) is 2.60. The molecule has 2 aliphatic rings. The highest BCUT2D eigenvalue weighted by molar-refractivity contribution is 5.85. The topological polar surface area (TPSA) is 3.24 Å². The maximum Gasteiger partial charge on any atom is 0.00952 e. The molecule has 130 valence electrons. The van der Waals surface area contributed by atoms with Crippen LogP contribution in [0.1, 0.15) is 82.1 Å². The molecule has 1 aromatic rings. The Morgan fingerprint density at radius 2 is 1.17 bits per heavy atom. The Labute approximate surface area is 149 Å². The molecular weight excluding hydrogens is 302 g/mol. The molecule has 0 atom stereocenters. The molecule has 1 aliphatic carbocycles. The van der Waals surface area contributed by atoms with Crippen molar-refractivity contribution in [3.05, 3.63) is 35.9 Å². The largest absolute Gasteiger partial charge is 0.300 e. The van der Waals surface area contributed by atoms with Crippen molar-refractivity contribution in [3.8, 4) is 0 Å². The van der Waals surface area contributed by atoms with Crippen LogP contribution in [0.5, 0.6) is 0 Å². The summed E-state index contributed by atoms with van der Waals surface area (Å²) in [7, 11) is 0. The van der Waals surface area contributed by atoms with E-state index in [4.69, 9.17) is 0 Å². The van der Waals surface area contributed by atoms with Crippen molar-refractivity contribution in [2.24, 2.45) is 0 Å². The predicted octanol–water partition coefficient (Wildman–Crippen LogP) is 6.18. The summed E-state index contributed by atoms with van der Waals surface area (Å²) in [6, 6.07) is 12.1. The zero-order chi connectivity index (χ0) is 15.0. The Hall–Kier alpha value is -0.530. The predicted molar refractivity (Wildman–Crippen MR) is 103 cm³/mol. The molecule has 3 rings (SSSR count). The van der Waals surface area contributed by atoms with Gasteiger partial charge in [-0.2, -0.15) is 0 Å². The molecule has 1 aromatic carbocycles. The maximum atomic E-state index is 2.83. The summed E-state index contributed by atoms with van der Waals surface area (Å²) < 4.78 is 0. The van der Waals surface area contributed by atoms with Gasteiger partial charge in [0.25, 0.3) is 0 Å². The van der Waals surface area contributed by atoms with Crippen LogP contribution in [0.25, 0.3) is 0 Å². The standard InChI is InChI=1S/C21H33N.ClH/c1-2-4-9-13-21(14-10-5-3-1)22-17-15-20(16-18-22)19-11-7-6-8-12-19;/h6-8,11-12,20-21H,1-5,9-10,13-18H2;1H. The molecule has 0 amide bonds. The number of piperidine rings is 1. The summed E-state index contributed by atoms with van der Waals surface area (Å²) in [5, 5.41) is 0. The number of hydrogen-bond acceptors (Lipinski definition) is 1. The molecule has 0 aromatic heterocycles. The van der Waals surface area contributed by atoms with Crippen molar-refractivity contribution in [3.63, 3.8) is 0 Å². The lowest BCUT2D eigenvalue weighted by Crippen LogP contribution is -2.41. The van der Waals surface area contributed by atoms with Gasteiger partial charge in [-0.15, -0.1) is 12.4 Å². The first-order chi connectivity index (χ1) is 10.9. The minimum atomic E-state index is 0. The molecular formula is C21H34ClN. The lowest BCUT2D eigenvalue weighted by atomic mass is 9.87. The van der Waals surface area contributed by atoms with Crippen molar-refractivity contribution < 1.29 is 0 Å². The average molecular weight is 336 g/mol. The minimum absolute atomic E-state index is 0. The molecule has 0 spiro atoms. The maximum absolute atomic E-state index is 2.83. The minimum Gasteiger partial charge on any atom is -0.300 e. The Kier molecular flexibility index (Phi) is 8.47. The summed E-state index contributed by atoms with van der Waals surface area (Å²) in [5.41, 5.74) is 1.56. The van der Waals surface area contributed by atoms with Gasteiger partial charge in [-0.25, -0.2) is 0 Å². The zero-order valence-corrected chi connectivity index (χ0v) is 15.4. The van der Waals surface area contributed by atoms with Crippen LogP contribution in [-0.4, -0.2) is 24.0 Å². The van der Waals surface area contributed by atoms with E-state index < -0.39 is 0 Å². The molecule has 0 unspecified atom stereocenters.